The number of halogens is 2. The Morgan fingerprint density at radius 3 is 2.56 bits per heavy atom. The molecule has 0 aliphatic carbocycles. The Labute approximate surface area is 149 Å². The minimum absolute atomic E-state index is 0.154. The Bertz CT molecular complexity index is 645. The lowest BCUT2D eigenvalue weighted by Crippen LogP contribution is -2.37. The summed E-state index contributed by atoms with van der Waals surface area (Å²) in [5, 5.41) is 0. The zero-order valence-corrected chi connectivity index (χ0v) is 15.9. The molecule has 0 unspecified atom stereocenters. The van der Waals surface area contributed by atoms with Gasteiger partial charge in [0.25, 0.3) is 0 Å². The van der Waals surface area contributed by atoms with E-state index in [-0.39, 0.29) is 11.3 Å². The SMILES string of the molecule is CN(C)S(=O)(=O)CCCN1CCC[C@@H](CCc2c(F)cccc2F)C1. The first-order valence-electron chi connectivity index (χ1n) is 8.85. The molecule has 1 aromatic carbocycles. The van der Waals surface area contributed by atoms with Crippen molar-refractivity contribution in [2.24, 2.45) is 5.92 Å². The standard InChI is InChI=1S/C18H28F2N2O2S/c1-21(2)25(23,24)13-5-12-22-11-4-6-15(14-22)9-10-16-17(19)7-3-8-18(16)20/h3,7-8,15H,4-6,9-14H2,1-2H3/t15-/m0/s1. The van der Waals surface area contributed by atoms with E-state index in [0.717, 1.165) is 38.9 Å². The van der Waals surface area contributed by atoms with Gasteiger partial charge in [-0.1, -0.05) is 6.07 Å². The fourth-order valence-corrected chi connectivity index (χ4v) is 4.22. The monoisotopic (exact) mass is 374 g/mol. The quantitative estimate of drug-likeness (QED) is 0.703. The van der Waals surface area contributed by atoms with Gasteiger partial charge in [0.1, 0.15) is 11.6 Å². The number of piperidine rings is 1. The number of rotatable bonds is 8. The van der Waals surface area contributed by atoms with E-state index in [0.29, 0.717) is 18.8 Å². The summed E-state index contributed by atoms with van der Waals surface area (Å²) in [6.45, 7) is 2.59. The van der Waals surface area contributed by atoms with E-state index in [9.17, 15) is 17.2 Å². The van der Waals surface area contributed by atoms with Crippen LogP contribution < -0.4 is 0 Å². The highest BCUT2D eigenvalue weighted by molar-refractivity contribution is 7.89. The van der Waals surface area contributed by atoms with E-state index in [1.54, 1.807) is 14.1 Å². The van der Waals surface area contributed by atoms with Crippen LogP contribution in [0.4, 0.5) is 8.78 Å². The largest absolute Gasteiger partial charge is 0.303 e. The molecule has 1 aliphatic heterocycles. The average Bonchev–Trinajstić information content (AvgIpc) is 2.54. The van der Waals surface area contributed by atoms with E-state index in [2.05, 4.69) is 4.90 Å². The van der Waals surface area contributed by atoms with Gasteiger partial charge in [0.05, 0.1) is 5.75 Å². The maximum atomic E-state index is 13.7. The van der Waals surface area contributed by atoms with Crippen LogP contribution in [-0.4, -0.2) is 57.1 Å². The molecular weight excluding hydrogens is 346 g/mol. The average molecular weight is 374 g/mol. The van der Waals surface area contributed by atoms with Gasteiger partial charge in [0, 0.05) is 26.2 Å². The summed E-state index contributed by atoms with van der Waals surface area (Å²) < 4.78 is 52.3. The zero-order valence-electron chi connectivity index (χ0n) is 15.0. The van der Waals surface area contributed by atoms with Crippen molar-refractivity contribution in [3.8, 4) is 0 Å². The molecule has 0 bridgehead atoms. The van der Waals surface area contributed by atoms with Crippen LogP contribution in [0.25, 0.3) is 0 Å². The van der Waals surface area contributed by atoms with Crippen LogP contribution in [-0.2, 0) is 16.4 Å². The Balaban J connectivity index is 1.79. The first-order chi connectivity index (χ1) is 11.8. The van der Waals surface area contributed by atoms with Gasteiger partial charge in [-0.3, -0.25) is 0 Å². The molecule has 0 aromatic heterocycles. The second kappa shape index (κ2) is 9.05. The van der Waals surface area contributed by atoms with Crippen LogP contribution in [0.15, 0.2) is 18.2 Å². The van der Waals surface area contributed by atoms with Crippen LogP contribution in [0.1, 0.15) is 31.2 Å². The summed E-state index contributed by atoms with van der Waals surface area (Å²) in [6.07, 6.45) is 3.87. The van der Waals surface area contributed by atoms with Gasteiger partial charge in [-0.2, -0.15) is 0 Å². The van der Waals surface area contributed by atoms with Crippen molar-refractivity contribution in [3.05, 3.63) is 35.4 Å². The minimum atomic E-state index is -3.14. The third-order valence-electron chi connectivity index (χ3n) is 4.90. The third-order valence-corrected chi connectivity index (χ3v) is 6.82. The Kier molecular flexibility index (Phi) is 7.34. The van der Waals surface area contributed by atoms with Crippen LogP contribution in [0, 0.1) is 17.6 Å². The molecule has 0 N–H and O–H groups in total. The summed E-state index contributed by atoms with van der Waals surface area (Å²) in [5.74, 6) is -0.386. The van der Waals surface area contributed by atoms with E-state index >= 15 is 0 Å². The third kappa shape index (κ3) is 6.01. The van der Waals surface area contributed by atoms with Crippen molar-refractivity contribution in [2.75, 3.05) is 39.5 Å². The van der Waals surface area contributed by atoms with Crippen molar-refractivity contribution in [3.63, 3.8) is 0 Å². The van der Waals surface area contributed by atoms with Gasteiger partial charge in [-0.25, -0.2) is 21.5 Å². The molecule has 1 aromatic rings. The molecule has 25 heavy (non-hydrogen) atoms. The van der Waals surface area contributed by atoms with Crippen LogP contribution >= 0.6 is 0 Å². The highest BCUT2D eigenvalue weighted by atomic mass is 32.2. The summed E-state index contributed by atoms with van der Waals surface area (Å²) in [6, 6.07) is 3.99. The zero-order chi connectivity index (χ0) is 18.4. The number of sulfonamides is 1. The molecule has 2 rings (SSSR count). The summed E-state index contributed by atoms with van der Waals surface area (Å²) in [7, 11) is -0.0456. The minimum Gasteiger partial charge on any atom is -0.303 e. The van der Waals surface area contributed by atoms with Crippen molar-refractivity contribution < 1.29 is 17.2 Å². The van der Waals surface area contributed by atoms with Gasteiger partial charge >= 0.3 is 0 Å². The maximum Gasteiger partial charge on any atom is 0.213 e. The predicted molar refractivity (Wildman–Crippen MR) is 95.9 cm³/mol. The van der Waals surface area contributed by atoms with E-state index in [1.165, 1.54) is 22.5 Å². The van der Waals surface area contributed by atoms with Crippen molar-refractivity contribution in [1.29, 1.82) is 0 Å². The molecule has 0 amide bonds. The van der Waals surface area contributed by atoms with E-state index in [1.807, 2.05) is 0 Å². The molecule has 4 nitrogen and oxygen atoms in total. The second-order valence-electron chi connectivity index (χ2n) is 7.00. The predicted octanol–water partition coefficient (Wildman–Crippen LogP) is 2.89. The fraction of sp³-hybridized carbons (Fsp3) is 0.667. The van der Waals surface area contributed by atoms with Crippen molar-refractivity contribution in [1.82, 2.24) is 9.21 Å². The summed E-state index contributed by atoms with van der Waals surface area (Å²) in [4.78, 5) is 2.27. The molecule has 0 spiro atoms. The molecule has 1 atom stereocenters. The molecule has 1 aliphatic rings. The fourth-order valence-electron chi connectivity index (χ4n) is 3.36. The molecule has 0 radical (unpaired) electrons. The van der Waals surface area contributed by atoms with Gasteiger partial charge < -0.3 is 4.90 Å². The Hall–Kier alpha value is -1.05. The first kappa shape index (κ1) is 20.3. The van der Waals surface area contributed by atoms with E-state index < -0.39 is 21.7 Å². The molecule has 1 fully saturated rings. The van der Waals surface area contributed by atoms with Crippen LogP contribution in [0.2, 0.25) is 0 Å². The molecule has 1 saturated heterocycles. The van der Waals surface area contributed by atoms with Crippen molar-refractivity contribution in [2.45, 2.75) is 32.1 Å². The number of nitrogens with zero attached hydrogens (tertiary/aromatic N) is 2. The van der Waals surface area contributed by atoms with Gasteiger partial charge in [-0.15, -0.1) is 0 Å². The summed E-state index contributed by atoms with van der Waals surface area (Å²) >= 11 is 0. The second-order valence-corrected chi connectivity index (χ2v) is 9.30. The lowest BCUT2D eigenvalue weighted by molar-refractivity contribution is 0.169. The maximum absolute atomic E-state index is 13.7. The number of benzene rings is 1. The Morgan fingerprint density at radius 2 is 1.92 bits per heavy atom. The van der Waals surface area contributed by atoms with Crippen LogP contribution in [0.5, 0.6) is 0 Å². The molecule has 7 heteroatoms. The first-order valence-corrected chi connectivity index (χ1v) is 10.5. The lowest BCUT2D eigenvalue weighted by Gasteiger charge is -2.33. The Morgan fingerprint density at radius 1 is 1.24 bits per heavy atom. The van der Waals surface area contributed by atoms with Crippen molar-refractivity contribution >= 4 is 10.0 Å². The number of likely N-dealkylation sites (tertiary alicyclic amines) is 1. The summed E-state index contributed by atoms with van der Waals surface area (Å²) in [5.41, 5.74) is 0.177. The van der Waals surface area contributed by atoms with Gasteiger partial charge in [0.15, 0.2) is 0 Å². The number of hydrogen-bond donors (Lipinski definition) is 0. The molecular formula is C18H28F2N2O2S. The number of hydrogen-bond acceptors (Lipinski definition) is 3. The molecule has 1 heterocycles. The molecule has 142 valence electrons. The lowest BCUT2D eigenvalue weighted by atomic mass is 9.91. The van der Waals surface area contributed by atoms with Crippen LogP contribution in [0.3, 0.4) is 0 Å². The van der Waals surface area contributed by atoms with Gasteiger partial charge in [-0.05, 0) is 63.2 Å². The normalized spacial score (nSPS) is 19.5. The van der Waals surface area contributed by atoms with E-state index in [4.69, 9.17) is 0 Å². The smallest absolute Gasteiger partial charge is 0.213 e. The topological polar surface area (TPSA) is 40.6 Å². The van der Waals surface area contributed by atoms with Gasteiger partial charge in [0.2, 0.25) is 10.0 Å². The highest BCUT2D eigenvalue weighted by Gasteiger charge is 2.21. The molecule has 0 saturated carbocycles. The highest BCUT2D eigenvalue weighted by Crippen LogP contribution is 2.23.